The first-order valence-electron chi connectivity index (χ1n) is 5.34. The van der Waals surface area contributed by atoms with E-state index in [0.29, 0.717) is 11.6 Å². The van der Waals surface area contributed by atoms with E-state index in [1.165, 1.54) is 12.5 Å². The quantitative estimate of drug-likeness (QED) is 0.792. The van der Waals surface area contributed by atoms with E-state index in [2.05, 4.69) is 5.32 Å². The van der Waals surface area contributed by atoms with Crippen LogP contribution in [0.25, 0.3) is 0 Å². The van der Waals surface area contributed by atoms with E-state index in [1.807, 2.05) is 0 Å². The second kappa shape index (κ2) is 4.27. The maximum absolute atomic E-state index is 13.1. The third kappa shape index (κ3) is 2.34. The minimum Gasteiger partial charge on any atom is -0.314 e. The third-order valence-corrected chi connectivity index (χ3v) is 2.91. The lowest BCUT2D eigenvalue weighted by Crippen LogP contribution is -2.23. The van der Waals surface area contributed by atoms with Gasteiger partial charge in [-0.2, -0.15) is 0 Å². The van der Waals surface area contributed by atoms with Crippen LogP contribution in [0, 0.1) is 18.6 Å². The average molecular weight is 211 g/mol. The van der Waals surface area contributed by atoms with Gasteiger partial charge in [-0.3, -0.25) is 0 Å². The summed E-state index contributed by atoms with van der Waals surface area (Å²) < 4.78 is 26.2. The highest BCUT2D eigenvalue weighted by atomic mass is 19.2. The molecule has 0 aliphatic carbocycles. The fourth-order valence-corrected chi connectivity index (χ4v) is 2.13. The summed E-state index contributed by atoms with van der Waals surface area (Å²) >= 11 is 0. The molecule has 1 aliphatic rings. The topological polar surface area (TPSA) is 12.0 Å². The van der Waals surface area contributed by atoms with Crippen LogP contribution in [0.2, 0.25) is 0 Å². The van der Waals surface area contributed by atoms with E-state index in [-0.39, 0.29) is 0 Å². The molecule has 1 heterocycles. The monoisotopic (exact) mass is 211 g/mol. The van der Waals surface area contributed by atoms with Gasteiger partial charge in [0.05, 0.1) is 0 Å². The largest absolute Gasteiger partial charge is 0.314 e. The summed E-state index contributed by atoms with van der Waals surface area (Å²) in [5.74, 6) is -1.46. The summed E-state index contributed by atoms with van der Waals surface area (Å²) in [6.07, 6.45) is 3.09. The van der Waals surface area contributed by atoms with Gasteiger partial charge in [0.25, 0.3) is 0 Å². The number of hydrogen-bond donors (Lipinski definition) is 1. The van der Waals surface area contributed by atoms with Crippen molar-refractivity contribution in [1.82, 2.24) is 5.32 Å². The summed E-state index contributed by atoms with van der Waals surface area (Å²) in [5.41, 5.74) is 1.27. The highest BCUT2D eigenvalue weighted by molar-refractivity contribution is 5.26. The van der Waals surface area contributed by atoms with Crippen molar-refractivity contribution in [1.29, 1.82) is 0 Å². The van der Waals surface area contributed by atoms with Crippen LogP contribution in [-0.2, 0) is 6.42 Å². The second-order valence-electron chi connectivity index (χ2n) is 4.21. The summed E-state index contributed by atoms with van der Waals surface area (Å²) in [6, 6.07) is 3.47. The van der Waals surface area contributed by atoms with Crippen LogP contribution < -0.4 is 5.32 Å². The third-order valence-electron chi connectivity index (χ3n) is 2.91. The van der Waals surface area contributed by atoms with Crippen LogP contribution >= 0.6 is 0 Å². The average Bonchev–Trinajstić information content (AvgIpc) is 2.66. The molecule has 1 nitrogen and oxygen atoms in total. The smallest absolute Gasteiger partial charge is 0.161 e. The first-order valence-corrected chi connectivity index (χ1v) is 5.34. The molecular formula is C12H15F2N. The fourth-order valence-electron chi connectivity index (χ4n) is 2.13. The molecule has 1 unspecified atom stereocenters. The predicted molar refractivity (Wildman–Crippen MR) is 55.8 cm³/mol. The Balaban J connectivity index is 2.14. The zero-order valence-corrected chi connectivity index (χ0v) is 8.82. The molecule has 2 rings (SSSR count). The van der Waals surface area contributed by atoms with E-state index in [0.717, 1.165) is 24.9 Å². The molecule has 1 N–H and O–H groups in total. The van der Waals surface area contributed by atoms with Gasteiger partial charge in [0.15, 0.2) is 11.6 Å². The van der Waals surface area contributed by atoms with Crippen LogP contribution in [0.4, 0.5) is 8.78 Å². The van der Waals surface area contributed by atoms with Gasteiger partial charge in [-0.25, -0.2) is 8.78 Å². The summed E-state index contributed by atoms with van der Waals surface area (Å²) in [6.45, 7) is 2.64. The summed E-state index contributed by atoms with van der Waals surface area (Å²) in [7, 11) is 0. The molecule has 15 heavy (non-hydrogen) atoms. The van der Waals surface area contributed by atoms with Crippen LogP contribution in [0.15, 0.2) is 12.1 Å². The molecule has 1 atom stereocenters. The molecule has 0 aromatic heterocycles. The molecule has 82 valence electrons. The maximum Gasteiger partial charge on any atom is 0.161 e. The highest BCUT2D eigenvalue weighted by Crippen LogP contribution is 2.17. The molecule has 1 aromatic carbocycles. The van der Waals surface area contributed by atoms with Crippen LogP contribution in [0.5, 0.6) is 0 Å². The van der Waals surface area contributed by atoms with Crippen molar-refractivity contribution in [3.8, 4) is 0 Å². The number of hydrogen-bond acceptors (Lipinski definition) is 1. The van der Waals surface area contributed by atoms with Gasteiger partial charge in [-0.05, 0) is 49.9 Å². The van der Waals surface area contributed by atoms with E-state index in [9.17, 15) is 8.78 Å². The fraction of sp³-hybridized carbons (Fsp3) is 0.500. The molecule has 0 radical (unpaired) electrons. The Bertz CT molecular complexity index is 334. The first-order chi connectivity index (χ1) is 7.16. The van der Waals surface area contributed by atoms with Crippen molar-refractivity contribution < 1.29 is 8.78 Å². The zero-order valence-electron chi connectivity index (χ0n) is 8.82. The Morgan fingerprint density at radius 3 is 2.80 bits per heavy atom. The minimum atomic E-state index is -0.733. The minimum absolute atomic E-state index is 0.392. The number of nitrogens with one attached hydrogen (secondary N) is 1. The molecule has 0 bridgehead atoms. The van der Waals surface area contributed by atoms with E-state index in [4.69, 9.17) is 0 Å². The number of benzene rings is 1. The predicted octanol–water partition coefficient (Wildman–Crippen LogP) is 2.57. The normalized spacial score (nSPS) is 20.9. The number of rotatable bonds is 2. The molecule has 0 amide bonds. The first kappa shape index (κ1) is 10.6. The summed E-state index contributed by atoms with van der Waals surface area (Å²) in [5, 5.41) is 3.34. The lowest BCUT2D eigenvalue weighted by molar-refractivity contribution is 0.499. The number of aryl methyl sites for hydroxylation is 1. The van der Waals surface area contributed by atoms with Gasteiger partial charge in [0, 0.05) is 6.04 Å². The van der Waals surface area contributed by atoms with Crippen molar-refractivity contribution in [3.63, 3.8) is 0 Å². The zero-order chi connectivity index (χ0) is 10.8. The van der Waals surface area contributed by atoms with Crippen LogP contribution in [0.1, 0.15) is 24.0 Å². The molecule has 1 aliphatic heterocycles. The van der Waals surface area contributed by atoms with Crippen molar-refractivity contribution in [2.75, 3.05) is 6.54 Å². The van der Waals surface area contributed by atoms with E-state index in [1.54, 1.807) is 13.0 Å². The Hall–Kier alpha value is -0.960. The molecule has 1 aromatic rings. The Morgan fingerprint density at radius 1 is 1.40 bits per heavy atom. The van der Waals surface area contributed by atoms with Crippen molar-refractivity contribution in [2.45, 2.75) is 32.2 Å². The molecule has 1 fully saturated rings. The lowest BCUT2D eigenvalue weighted by Gasteiger charge is -2.11. The molecule has 0 spiro atoms. The van der Waals surface area contributed by atoms with Gasteiger partial charge in [-0.15, -0.1) is 0 Å². The maximum atomic E-state index is 13.1. The highest BCUT2D eigenvalue weighted by Gasteiger charge is 2.16. The molecule has 3 heteroatoms. The molecule has 0 saturated carbocycles. The number of halogens is 2. The molecular weight excluding hydrogens is 196 g/mol. The van der Waals surface area contributed by atoms with Gasteiger partial charge in [0.2, 0.25) is 0 Å². The lowest BCUT2D eigenvalue weighted by atomic mass is 10.0. The Kier molecular flexibility index (Phi) is 3.00. The van der Waals surface area contributed by atoms with E-state index < -0.39 is 11.6 Å². The van der Waals surface area contributed by atoms with E-state index >= 15 is 0 Å². The second-order valence-corrected chi connectivity index (χ2v) is 4.21. The van der Waals surface area contributed by atoms with Crippen molar-refractivity contribution in [2.24, 2.45) is 0 Å². The van der Waals surface area contributed by atoms with Gasteiger partial charge in [0.1, 0.15) is 0 Å². The van der Waals surface area contributed by atoms with Crippen LogP contribution in [-0.4, -0.2) is 12.6 Å². The van der Waals surface area contributed by atoms with Gasteiger partial charge < -0.3 is 5.32 Å². The van der Waals surface area contributed by atoms with Gasteiger partial charge >= 0.3 is 0 Å². The standard InChI is InChI=1S/C12H15F2N/c1-8-5-9(7-11(13)12(8)14)6-10-3-2-4-15-10/h5,7,10,15H,2-4,6H2,1H3. The van der Waals surface area contributed by atoms with Crippen LogP contribution in [0.3, 0.4) is 0 Å². The molecule has 1 saturated heterocycles. The van der Waals surface area contributed by atoms with Crippen molar-refractivity contribution >= 4 is 0 Å². The van der Waals surface area contributed by atoms with Gasteiger partial charge in [-0.1, -0.05) is 6.07 Å². The van der Waals surface area contributed by atoms with Crippen molar-refractivity contribution in [3.05, 3.63) is 34.9 Å². The Labute approximate surface area is 88.5 Å². The Morgan fingerprint density at radius 2 is 2.20 bits per heavy atom. The summed E-state index contributed by atoms with van der Waals surface area (Å²) in [4.78, 5) is 0. The SMILES string of the molecule is Cc1cc(CC2CCCN2)cc(F)c1F.